The van der Waals surface area contributed by atoms with E-state index in [1.54, 1.807) is 23.5 Å². The lowest BCUT2D eigenvalue weighted by Crippen LogP contribution is -2.16. The fourth-order valence-electron chi connectivity index (χ4n) is 1.70. The van der Waals surface area contributed by atoms with Gasteiger partial charge in [0.15, 0.2) is 5.84 Å². The number of nitrogens with zero attached hydrogens (tertiary/aromatic N) is 2. The highest BCUT2D eigenvalue weighted by molar-refractivity contribution is 7.09. The van der Waals surface area contributed by atoms with Crippen LogP contribution in [0.5, 0.6) is 0 Å². The highest BCUT2D eigenvalue weighted by Gasteiger charge is 2.06. The van der Waals surface area contributed by atoms with Gasteiger partial charge in [-0.3, -0.25) is 0 Å². The fraction of sp³-hybridized carbons (Fsp3) is 0.231. The van der Waals surface area contributed by atoms with Crippen LogP contribution in [0.4, 0.5) is 4.39 Å². The van der Waals surface area contributed by atoms with Crippen LogP contribution in [0.3, 0.4) is 0 Å². The van der Waals surface area contributed by atoms with Crippen molar-refractivity contribution in [2.45, 2.75) is 20.0 Å². The number of aromatic nitrogens is 1. The van der Waals surface area contributed by atoms with Crippen molar-refractivity contribution in [1.29, 1.82) is 0 Å². The maximum absolute atomic E-state index is 13.8. The van der Waals surface area contributed by atoms with Gasteiger partial charge < -0.3 is 16.3 Å². The minimum atomic E-state index is -0.392. The molecule has 0 unspecified atom stereocenters. The Morgan fingerprint density at radius 2 is 2.30 bits per heavy atom. The molecule has 0 saturated heterocycles. The number of benzene rings is 1. The predicted octanol–water partition coefficient (Wildman–Crippen LogP) is 1.97. The molecular weight excluding hydrogens is 279 g/mol. The highest BCUT2D eigenvalue weighted by Crippen LogP contribution is 2.12. The number of hydrogen-bond donors (Lipinski definition) is 3. The molecule has 2 rings (SSSR count). The van der Waals surface area contributed by atoms with Crippen molar-refractivity contribution in [1.82, 2.24) is 10.3 Å². The summed E-state index contributed by atoms with van der Waals surface area (Å²) in [6.45, 7) is 2.92. The van der Waals surface area contributed by atoms with E-state index in [9.17, 15) is 4.39 Å². The molecule has 0 radical (unpaired) electrons. The van der Waals surface area contributed by atoms with Crippen molar-refractivity contribution in [3.8, 4) is 0 Å². The van der Waals surface area contributed by atoms with Gasteiger partial charge in [0.25, 0.3) is 0 Å². The van der Waals surface area contributed by atoms with E-state index < -0.39 is 5.82 Å². The number of nitrogens with one attached hydrogen (secondary N) is 1. The topological polar surface area (TPSA) is 83.5 Å². The van der Waals surface area contributed by atoms with Crippen molar-refractivity contribution in [3.05, 3.63) is 51.2 Å². The number of halogens is 1. The summed E-state index contributed by atoms with van der Waals surface area (Å²) in [4.78, 5) is 4.31. The lowest BCUT2D eigenvalue weighted by atomic mass is 10.1. The van der Waals surface area contributed by atoms with Gasteiger partial charge >= 0.3 is 0 Å². The molecule has 1 heterocycles. The van der Waals surface area contributed by atoms with Crippen LogP contribution >= 0.6 is 11.3 Å². The van der Waals surface area contributed by atoms with Gasteiger partial charge in [-0.2, -0.15) is 0 Å². The maximum atomic E-state index is 13.8. The Labute approximate surface area is 120 Å². The molecule has 1 aromatic heterocycles. The van der Waals surface area contributed by atoms with Crippen LogP contribution < -0.4 is 11.1 Å². The van der Waals surface area contributed by atoms with Crippen molar-refractivity contribution >= 4 is 17.2 Å². The molecule has 0 fully saturated rings. The second-order valence-electron chi connectivity index (χ2n) is 4.28. The van der Waals surface area contributed by atoms with E-state index in [1.165, 1.54) is 6.07 Å². The summed E-state index contributed by atoms with van der Waals surface area (Å²) in [5.74, 6) is -0.501. The molecule has 0 atom stereocenters. The van der Waals surface area contributed by atoms with Gasteiger partial charge in [0, 0.05) is 35.3 Å². The largest absolute Gasteiger partial charge is 0.409 e. The van der Waals surface area contributed by atoms with Crippen molar-refractivity contribution < 1.29 is 9.60 Å². The molecule has 7 heteroatoms. The third-order valence-electron chi connectivity index (χ3n) is 2.71. The number of hydrogen-bond acceptors (Lipinski definition) is 5. The summed E-state index contributed by atoms with van der Waals surface area (Å²) in [5, 5.41) is 17.5. The zero-order valence-electron chi connectivity index (χ0n) is 10.9. The van der Waals surface area contributed by atoms with E-state index in [4.69, 9.17) is 10.9 Å². The molecule has 0 aliphatic carbocycles. The highest BCUT2D eigenvalue weighted by atomic mass is 32.1. The number of rotatable bonds is 5. The quantitative estimate of drug-likeness (QED) is 0.341. The third-order valence-corrected chi connectivity index (χ3v) is 3.68. The first-order chi connectivity index (χ1) is 9.60. The smallest absolute Gasteiger partial charge is 0.170 e. The Hall–Kier alpha value is -1.99. The number of nitrogens with two attached hydrogens (primary N) is 1. The van der Waals surface area contributed by atoms with E-state index in [0.29, 0.717) is 24.2 Å². The number of amidine groups is 1. The van der Waals surface area contributed by atoms with Crippen molar-refractivity contribution in [2.75, 3.05) is 0 Å². The Kier molecular flexibility index (Phi) is 4.65. The summed E-state index contributed by atoms with van der Waals surface area (Å²) in [5.41, 5.74) is 7.26. The molecule has 20 heavy (non-hydrogen) atoms. The molecule has 1 aromatic carbocycles. The Morgan fingerprint density at radius 1 is 1.50 bits per heavy atom. The van der Waals surface area contributed by atoms with Crippen LogP contribution in [0.1, 0.15) is 21.8 Å². The molecule has 106 valence electrons. The second kappa shape index (κ2) is 6.44. The van der Waals surface area contributed by atoms with Crippen molar-refractivity contribution in [2.24, 2.45) is 10.9 Å². The summed E-state index contributed by atoms with van der Waals surface area (Å²) >= 11 is 1.57. The van der Waals surface area contributed by atoms with Gasteiger partial charge in [0.2, 0.25) is 0 Å². The first-order valence-electron chi connectivity index (χ1n) is 5.98. The Balaban J connectivity index is 1.96. The molecule has 0 spiro atoms. The average molecular weight is 294 g/mol. The van der Waals surface area contributed by atoms with E-state index in [0.717, 1.165) is 10.7 Å². The van der Waals surface area contributed by atoms with Gasteiger partial charge in [-0.15, -0.1) is 11.3 Å². The minimum Gasteiger partial charge on any atom is -0.409 e. The Morgan fingerprint density at radius 3 is 2.90 bits per heavy atom. The van der Waals surface area contributed by atoms with Crippen LogP contribution in [0.15, 0.2) is 28.7 Å². The van der Waals surface area contributed by atoms with E-state index in [-0.39, 0.29) is 5.84 Å². The van der Waals surface area contributed by atoms with Crippen LogP contribution in [0, 0.1) is 12.7 Å². The molecule has 0 bridgehead atoms. The van der Waals surface area contributed by atoms with E-state index >= 15 is 0 Å². The molecule has 4 N–H and O–H groups in total. The lowest BCUT2D eigenvalue weighted by molar-refractivity contribution is 0.318. The van der Waals surface area contributed by atoms with Crippen LogP contribution in [-0.4, -0.2) is 16.0 Å². The summed E-state index contributed by atoms with van der Waals surface area (Å²) in [7, 11) is 0. The first kappa shape index (κ1) is 14.4. The third kappa shape index (κ3) is 3.52. The molecule has 0 saturated carbocycles. The maximum Gasteiger partial charge on any atom is 0.170 e. The van der Waals surface area contributed by atoms with Crippen LogP contribution in [0.2, 0.25) is 0 Å². The zero-order valence-corrected chi connectivity index (χ0v) is 11.7. The molecule has 5 nitrogen and oxygen atoms in total. The van der Waals surface area contributed by atoms with Gasteiger partial charge in [-0.1, -0.05) is 17.3 Å². The van der Waals surface area contributed by atoms with E-state index in [2.05, 4.69) is 15.5 Å². The molecule has 0 amide bonds. The molecule has 0 aliphatic heterocycles. The zero-order chi connectivity index (χ0) is 14.5. The van der Waals surface area contributed by atoms with Crippen LogP contribution in [0.25, 0.3) is 0 Å². The summed E-state index contributed by atoms with van der Waals surface area (Å²) < 4.78 is 13.8. The van der Waals surface area contributed by atoms with Gasteiger partial charge in [-0.05, 0) is 13.0 Å². The van der Waals surface area contributed by atoms with Gasteiger partial charge in [0.05, 0.1) is 0 Å². The minimum absolute atomic E-state index is 0.110. The van der Waals surface area contributed by atoms with Crippen LogP contribution in [-0.2, 0) is 13.1 Å². The second-order valence-corrected chi connectivity index (χ2v) is 5.22. The predicted molar refractivity (Wildman–Crippen MR) is 76.3 cm³/mol. The average Bonchev–Trinajstić information content (AvgIpc) is 2.85. The fourth-order valence-corrected chi connectivity index (χ4v) is 2.44. The lowest BCUT2D eigenvalue weighted by Gasteiger charge is -2.06. The molecular formula is C13H15FN4OS. The monoisotopic (exact) mass is 294 g/mol. The first-order valence-corrected chi connectivity index (χ1v) is 6.86. The van der Waals surface area contributed by atoms with Gasteiger partial charge in [0.1, 0.15) is 10.8 Å². The molecule has 0 aliphatic rings. The summed E-state index contributed by atoms with van der Waals surface area (Å²) in [6.07, 6.45) is 0. The number of thiazole rings is 1. The SMILES string of the molecule is Cc1csc(CNCc2ccc(C(N)=NO)cc2F)n1. The molecule has 2 aromatic rings. The van der Waals surface area contributed by atoms with E-state index in [1.807, 2.05) is 12.3 Å². The standard InChI is InChI=1S/C13H15FN4OS/c1-8-7-20-12(17-8)6-16-5-10-3-2-9(4-11(10)14)13(15)18-19/h2-4,7,16,19H,5-6H2,1H3,(H2,15,18). The van der Waals surface area contributed by atoms with Gasteiger partial charge in [-0.25, -0.2) is 9.37 Å². The summed E-state index contributed by atoms with van der Waals surface area (Å²) in [6, 6.07) is 4.48. The number of aryl methyl sites for hydroxylation is 1. The normalized spacial score (nSPS) is 11.8. The number of oxime groups is 1. The Bertz CT molecular complexity index is 627. The van der Waals surface area contributed by atoms with Crippen molar-refractivity contribution in [3.63, 3.8) is 0 Å².